The Bertz CT molecular complexity index is 1140. The molecule has 0 aliphatic carbocycles. The summed E-state index contributed by atoms with van der Waals surface area (Å²) in [4.78, 5) is 29.1. The van der Waals surface area contributed by atoms with Gasteiger partial charge in [-0.25, -0.2) is 4.98 Å². The van der Waals surface area contributed by atoms with Crippen molar-refractivity contribution in [2.24, 2.45) is 0 Å². The molecule has 0 radical (unpaired) electrons. The molecule has 7 heteroatoms. The van der Waals surface area contributed by atoms with Crippen molar-refractivity contribution in [1.82, 2.24) is 14.9 Å². The van der Waals surface area contributed by atoms with Crippen LogP contribution in [0.1, 0.15) is 28.5 Å². The van der Waals surface area contributed by atoms with Gasteiger partial charge in [0.2, 0.25) is 0 Å². The molecule has 0 saturated heterocycles. The van der Waals surface area contributed by atoms with E-state index in [0.29, 0.717) is 49.5 Å². The number of hydrogen-bond acceptors (Lipinski definition) is 5. The molecule has 1 aliphatic rings. The van der Waals surface area contributed by atoms with Crippen molar-refractivity contribution in [1.29, 1.82) is 0 Å². The minimum absolute atomic E-state index is 0.100. The number of fused-ring (bicyclic) bond motifs is 2. The van der Waals surface area contributed by atoms with Crippen LogP contribution in [0, 0.1) is 6.92 Å². The van der Waals surface area contributed by atoms with Gasteiger partial charge in [-0.1, -0.05) is 6.07 Å². The average molecular weight is 393 g/mol. The van der Waals surface area contributed by atoms with Gasteiger partial charge in [0.1, 0.15) is 18.9 Å². The first kappa shape index (κ1) is 19.0. The van der Waals surface area contributed by atoms with E-state index in [9.17, 15) is 9.59 Å². The van der Waals surface area contributed by atoms with Crippen LogP contribution in [0.4, 0.5) is 0 Å². The molecular weight excluding hydrogens is 370 g/mol. The van der Waals surface area contributed by atoms with Gasteiger partial charge in [0.05, 0.1) is 11.0 Å². The van der Waals surface area contributed by atoms with Crippen molar-refractivity contribution < 1.29 is 14.3 Å². The Morgan fingerprint density at radius 1 is 1.14 bits per heavy atom. The van der Waals surface area contributed by atoms with Gasteiger partial charge in [-0.15, -0.1) is 0 Å². The van der Waals surface area contributed by atoms with Crippen LogP contribution in [-0.4, -0.2) is 35.2 Å². The number of nitrogens with zero attached hydrogens (tertiary/aromatic N) is 2. The van der Waals surface area contributed by atoms with Crippen LogP contribution < -0.4 is 20.3 Å². The first-order chi connectivity index (χ1) is 14.1. The molecule has 2 heterocycles. The number of amides is 1. The maximum atomic E-state index is 12.6. The quantitative estimate of drug-likeness (QED) is 0.720. The van der Waals surface area contributed by atoms with Gasteiger partial charge < -0.3 is 19.4 Å². The molecule has 0 unspecified atom stereocenters. The van der Waals surface area contributed by atoms with E-state index in [0.717, 1.165) is 22.6 Å². The summed E-state index contributed by atoms with van der Waals surface area (Å²) < 4.78 is 12.8. The van der Waals surface area contributed by atoms with Gasteiger partial charge in [0.25, 0.3) is 11.5 Å². The van der Waals surface area contributed by atoms with E-state index in [2.05, 4.69) is 10.3 Å². The lowest BCUT2D eigenvalue weighted by molar-refractivity contribution is 0.0954. The largest absolute Gasteiger partial charge is 0.486 e. The molecule has 3 aromatic rings. The third-order valence-electron chi connectivity index (χ3n) is 4.99. The lowest BCUT2D eigenvalue weighted by atomic mass is 10.1. The summed E-state index contributed by atoms with van der Waals surface area (Å²) >= 11 is 0. The summed E-state index contributed by atoms with van der Waals surface area (Å²) in [6, 6.07) is 11.1. The van der Waals surface area contributed by atoms with Crippen molar-refractivity contribution in [2.45, 2.75) is 26.8 Å². The second-order valence-electron chi connectivity index (χ2n) is 6.93. The molecule has 4 rings (SSSR count). The van der Waals surface area contributed by atoms with Crippen molar-refractivity contribution in [3.05, 3.63) is 63.6 Å². The Morgan fingerprint density at radius 2 is 1.93 bits per heavy atom. The molecule has 0 spiro atoms. The topological polar surface area (TPSA) is 82.5 Å². The zero-order valence-corrected chi connectivity index (χ0v) is 16.5. The zero-order chi connectivity index (χ0) is 20.4. The van der Waals surface area contributed by atoms with Crippen molar-refractivity contribution >= 4 is 16.9 Å². The molecule has 29 heavy (non-hydrogen) atoms. The standard InChI is InChI=1S/C22H23N3O4/c1-3-25-18-6-5-16(13-17(18)24-14(2)22(25)27)21(26)23-9-8-15-4-7-19-20(12-15)29-11-10-28-19/h4-7,12-13H,3,8-11H2,1-2H3,(H,23,26). The first-order valence-corrected chi connectivity index (χ1v) is 9.74. The van der Waals surface area contributed by atoms with Crippen LogP contribution in [0.2, 0.25) is 0 Å². The Hall–Kier alpha value is -3.35. The highest BCUT2D eigenvalue weighted by Gasteiger charge is 2.13. The number of aryl methyl sites for hydroxylation is 2. The predicted octanol–water partition coefficient (Wildman–Crippen LogP) is 2.47. The molecule has 2 aromatic carbocycles. The normalized spacial score (nSPS) is 12.8. The fourth-order valence-electron chi connectivity index (χ4n) is 3.50. The second kappa shape index (κ2) is 7.95. The maximum Gasteiger partial charge on any atom is 0.272 e. The number of ether oxygens (including phenoxy) is 2. The highest BCUT2D eigenvalue weighted by molar-refractivity contribution is 5.97. The third-order valence-corrected chi connectivity index (χ3v) is 4.99. The van der Waals surface area contributed by atoms with E-state index >= 15 is 0 Å². The zero-order valence-electron chi connectivity index (χ0n) is 16.5. The molecule has 0 fully saturated rings. The molecule has 7 nitrogen and oxygen atoms in total. The lowest BCUT2D eigenvalue weighted by Gasteiger charge is -2.18. The summed E-state index contributed by atoms with van der Waals surface area (Å²) in [7, 11) is 0. The second-order valence-corrected chi connectivity index (χ2v) is 6.93. The van der Waals surface area contributed by atoms with Crippen LogP contribution in [-0.2, 0) is 13.0 Å². The summed E-state index contributed by atoms with van der Waals surface area (Å²) in [6.07, 6.45) is 0.683. The van der Waals surface area contributed by atoms with Crippen LogP contribution in [0.3, 0.4) is 0 Å². The number of aromatic nitrogens is 2. The van der Waals surface area contributed by atoms with E-state index < -0.39 is 0 Å². The summed E-state index contributed by atoms with van der Waals surface area (Å²) in [5.41, 5.74) is 3.29. The van der Waals surface area contributed by atoms with Crippen molar-refractivity contribution in [3.8, 4) is 11.5 Å². The smallest absolute Gasteiger partial charge is 0.272 e. The number of carbonyl (C=O) groups is 1. The fraction of sp³-hybridized carbons (Fsp3) is 0.318. The maximum absolute atomic E-state index is 12.6. The minimum atomic E-state index is -0.168. The van der Waals surface area contributed by atoms with E-state index in [1.54, 1.807) is 29.7 Å². The highest BCUT2D eigenvalue weighted by atomic mass is 16.6. The van der Waals surface area contributed by atoms with Crippen LogP contribution in [0.5, 0.6) is 11.5 Å². The van der Waals surface area contributed by atoms with E-state index in [-0.39, 0.29) is 11.5 Å². The molecule has 1 amide bonds. The van der Waals surface area contributed by atoms with Crippen LogP contribution in [0.25, 0.3) is 11.0 Å². The first-order valence-electron chi connectivity index (χ1n) is 9.74. The number of benzene rings is 2. The fourth-order valence-corrected chi connectivity index (χ4v) is 3.50. The molecule has 0 saturated carbocycles. The summed E-state index contributed by atoms with van der Waals surface area (Å²) in [5.74, 6) is 1.34. The monoisotopic (exact) mass is 393 g/mol. The predicted molar refractivity (Wildman–Crippen MR) is 110 cm³/mol. The number of carbonyl (C=O) groups excluding carboxylic acids is 1. The molecule has 1 aromatic heterocycles. The Balaban J connectivity index is 1.45. The van der Waals surface area contributed by atoms with E-state index in [1.165, 1.54) is 0 Å². The molecule has 0 bridgehead atoms. The number of hydrogen-bond donors (Lipinski definition) is 1. The SMILES string of the molecule is CCn1c(=O)c(C)nc2cc(C(=O)NCCc3ccc4c(c3)OCCO4)ccc21. The Labute approximate surface area is 168 Å². The lowest BCUT2D eigenvalue weighted by Crippen LogP contribution is -2.26. The third kappa shape index (κ3) is 3.81. The summed E-state index contributed by atoms with van der Waals surface area (Å²) in [6.45, 7) is 5.77. The van der Waals surface area contributed by atoms with Gasteiger partial charge in [0, 0.05) is 18.7 Å². The molecule has 150 valence electrons. The van der Waals surface area contributed by atoms with Gasteiger partial charge >= 0.3 is 0 Å². The van der Waals surface area contributed by atoms with Gasteiger partial charge in [-0.2, -0.15) is 0 Å². The van der Waals surface area contributed by atoms with Gasteiger partial charge in [0.15, 0.2) is 11.5 Å². The van der Waals surface area contributed by atoms with Gasteiger partial charge in [-0.3, -0.25) is 9.59 Å². The van der Waals surface area contributed by atoms with Gasteiger partial charge in [-0.05, 0) is 56.2 Å². The Morgan fingerprint density at radius 3 is 2.72 bits per heavy atom. The van der Waals surface area contributed by atoms with E-state index in [4.69, 9.17) is 9.47 Å². The van der Waals surface area contributed by atoms with E-state index in [1.807, 2.05) is 25.1 Å². The summed E-state index contributed by atoms with van der Waals surface area (Å²) in [5, 5.41) is 2.94. The Kier molecular flexibility index (Phi) is 5.20. The molecule has 1 aliphatic heterocycles. The minimum Gasteiger partial charge on any atom is -0.486 e. The average Bonchev–Trinajstić information content (AvgIpc) is 2.74. The molecule has 1 N–H and O–H groups in total. The molecular formula is C22H23N3O4. The highest BCUT2D eigenvalue weighted by Crippen LogP contribution is 2.30. The van der Waals surface area contributed by atoms with Crippen LogP contribution >= 0.6 is 0 Å². The van der Waals surface area contributed by atoms with Crippen molar-refractivity contribution in [3.63, 3.8) is 0 Å². The number of rotatable bonds is 5. The van der Waals surface area contributed by atoms with Crippen LogP contribution in [0.15, 0.2) is 41.2 Å². The molecule has 0 atom stereocenters. The van der Waals surface area contributed by atoms with Crippen molar-refractivity contribution in [2.75, 3.05) is 19.8 Å². The number of nitrogens with one attached hydrogen (secondary N) is 1.